The van der Waals surface area contributed by atoms with Crippen LogP contribution in [0.2, 0.25) is 0 Å². The molecular weight excluding hydrogens is 426 g/mol. The van der Waals surface area contributed by atoms with Crippen molar-refractivity contribution in [1.82, 2.24) is 4.98 Å². The molecule has 0 spiro atoms. The number of aromatic amines is 1. The fourth-order valence-corrected chi connectivity index (χ4v) is 3.81. The second-order valence-electron chi connectivity index (χ2n) is 8.33. The number of carboxylic acid groups (broad SMARTS) is 1. The zero-order chi connectivity index (χ0) is 23.3. The molecule has 0 aliphatic heterocycles. The molecule has 0 saturated heterocycles. The van der Waals surface area contributed by atoms with Crippen LogP contribution in [0.1, 0.15) is 48.7 Å². The smallest absolute Gasteiger partial charge is 0.306 e. The lowest BCUT2D eigenvalue weighted by Gasteiger charge is -2.18. The monoisotopic (exact) mass is 451 g/mol. The molecule has 0 saturated carbocycles. The van der Waals surface area contributed by atoms with E-state index in [9.17, 15) is 14.4 Å². The largest absolute Gasteiger partial charge is 0.493 e. The number of H-pyrrole nitrogens is 1. The quantitative estimate of drug-likeness (QED) is 0.538. The van der Waals surface area contributed by atoms with E-state index in [1.165, 1.54) is 17.4 Å². The van der Waals surface area contributed by atoms with Gasteiger partial charge in [-0.2, -0.15) is 0 Å². The second-order valence-corrected chi connectivity index (χ2v) is 9.41. The molecule has 0 aliphatic rings. The summed E-state index contributed by atoms with van der Waals surface area (Å²) in [6.45, 7) is 6.44. The summed E-state index contributed by atoms with van der Waals surface area (Å²) in [4.78, 5) is 38.2. The fraction of sp³-hybridized carbons (Fsp3) is 0.240. The van der Waals surface area contributed by atoms with Gasteiger partial charge in [-0.3, -0.25) is 14.4 Å². The molecule has 2 aromatic carbocycles. The SMILES string of the molecule is CC(C)(C)c1ccc(C(=O)/C=c2/[nH]c(=O)/c(=C/c3ccc(OCCC(=O)O)cc3)s2)cc1. The summed E-state index contributed by atoms with van der Waals surface area (Å²) in [5.41, 5.74) is 2.25. The van der Waals surface area contributed by atoms with Crippen molar-refractivity contribution in [2.45, 2.75) is 32.6 Å². The number of rotatable bonds is 7. The molecule has 1 heterocycles. The third-order valence-electron chi connectivity index (χ3n) is 4.74. The maximum Gasteiger partial charge on any atom is 0.306 e. The van der Waals surface area contributed by atoms with Crippen molar-refractivity contribution in [2.24, 2.45) is 0 Å². The summed E-state index contributed by atoms with van der Waals surface area (Å²) < 4.78 is 6.32. The Morgan fingerprint density at radius 3 is 2.31 bits per heavy atom. The van der Waals surface area contributed by atoms with Gasteiger partial charge in [-0.1, -0.05) is 57.2 Å². The van der Waals surface area contributed by atoms with Gasteiger partial charge >= 0.3 is 5.97 Å². The van der Waals surface area contributed by atoms with E-state index in [1.807, 2.05) is 12.1 Å². The number of Topliss-reactive ketones (excluding diaryl/α,β-unsaturated/α-hetero) is 1. The van der Waals surface area contributed by atoms with Crippen LogP contribution in [0, 0.1) is 0 Å². The molecular formula is C25H25NO5S. The van der Waals surface area contributed by atoms with Gasteiger partial charge < -0.3 is 14.8 Å². The predicted octanol–water partition coefficient (Wildman–Crippen LogP) is 3.08. The number of carboxylic acids is 1. The number of thiazole rings is 1. The van der Waals surface area contributed by atoms with E-state index in [0.29, 0.717) is 20.5 Å². The van der Waals surface area contributed by atoms with Gasteiger partial charge in [-0.05, 0) is 34.8 Å². The molecule has 7 heteroatoms. The van der Waals surface area contributed by atoms with E-state index in [0.717, 1.165) is 11.1 Å². The van der Waals surface area contributed by atoms with E-state index in [1.54, 1.807) is 42.5 Å². The first kappa shape index (κ1) is 23.2. The Morgan fingerprint density at radius 1 is 1.06 bits per heavy atom. The molecule has 0 unspecified atom stereocenters. The first-order chi connectivity index (χ1) is 15.1. The summed E-state index contributed by atoms with van der Waals surface area (Å²) in [6, 6.07) is 14.5. The van der Waals surface area contributed by atoms with Gasteiger partial charge in [0.1, 0.15) is 5.75 Å². The van der Waals surface area contributed by atoms with E-state index in [2.05, 4.69) is 25.8 Å². The van der Waals surface area contributed by atoms with Crippen molar-refractivity contribution in [1.29, 1.82) is 0 Å². The van der Waals surface area contributed by atoms with Crippen LogP contribution in [-0.2, 0) is 10.2 Å². The van der Waals surface area contributed by atoms with Crippen LogP contribution in [0.3, 0.4) is 0 Å². The minimum atomic E-state index is -0.917. The van der Waals surface area contributed by atoms with Crippen LogP contribution in [0.25, 0.3) is 12.2 Å². The molecule has 0 aliphatic carbocycles. The highest BCUT2D eigenvalue weighted by molar-refractivity contribution is 7.07. The zero-order valence-electron chi connectivity index (χ0n) is 18.2. The number of aromatic nitrogens is 1. The van der Waals surface area contributed by atoms with Crippen LogP contribution < -0.4 is 19.5 Å². The standard InChI is InChI=1S/C25H25NO5S/c1-25(2,3)18-8-6-17(7-9-18)20(27)15-22-26-24(30)21(32-22)14-16-4-10-19(11-5-16)31-13-12-23(28)29/h4-11,14-15H,12-13H2,1-3H3,(H,26,30)(H,28,29)/b21-14-,22-15-. The minimum Gasteiger partial charge on any atom is -0.493 e. The van der Waals surface area contributed by atoms with Gasteiger partial charge in [0.05, 0.1) is 22.2 Å². The Balaban J connectivity index is 1.77. The Morgan fingerprint density at radius 2 is 1.72 bits per heavy atom. The van der Waals surface area contributed by atoms with Crippen molar-refractivity contribution < 1.29 is 19.4 Å². The molecule has 2 N–H and O–H groups in total. The number of ether oxygens (including phenoxy) is 1. The van der Waals surface area contributed by atoms with Gasteiger partial charge in [-0.15, -0.1) is 11.3 Å². The molecule has 6 nitrogen and oxygen atoms in total. The van der Waals surface area contributed by atoms with Crippen molar-refractivity contribution in [3.8, 4) is 5.75 Å². The Bertz CT molecular complexity index is 1280. The average molecular weight is 452 g/mol. The van der Waals surface area contributed by atoms with Crippen LogP contribution >= 0.6 is 11.3 Å². The number of carbonyl (C=O) groups is 2. The van der Waals surface area contributed by atoms with Crippen LogP contribution in [0.15, 0.2) is 53.3 Å². The Kier molecular flexibility index (Phi) is 7.10. The third-order valence-corrected chi connectivity index (χ3v) is 5.70. The van der Waals surface area contributed by atoms with Gasteiger partial charge in [0.15, 0.2) is 5.78 Å². The third kappa shape index (κ3) is 6.28. The van der Waals surface area contributed by atoms with E-state index in [-0.39, 0.29) is 29.8 Å². The average Bonchev–Trinajstić information content (AvgIpc) is 3.07. The lowest BCUT2D eigenvalue weighted by Crippen LogP contribution is -2.20. The van der Waals surface area contributed by atoms with Gasteiger partial charge in [0.25, 0.3) is 5.56 Å². The van der Waals surface area contributed by atoms with Crippen molar-refractivity contribution in [3.63, 3.8) is 0 Å². The molecule has 3 rings (SSSR count). The summed E-state index contributed by atoms with van der Waals surface area (Å²) in [5, 5.41) is 8.65. The molecule has 0 fully saturated rings. The van der Waals surface area contributed by atoms with Crippen molar-refractivity contribution in [2.75, 3.05) is 6.61 Å². The van der Waals surface area contributed by atoms with Gasteiger partial charge in [0.2, 0.25) is 0 Å². The molecule has 0 bridgehead atoms. The lowest BCUT2D eigenvalue weighted by molar-refractivity contribution is -0.137. The first-order valence-corrected chi connectivity index (χ1v) is 11.0. The van der Waals surface area contributed by atoms with E-state index < -0.39 is 5.97 Å². The number of ketones is 1. The minimum absolute atomic E-state index is 0.0117. The molecule has 1 aromatic heterocycles. The topological polar surface area (TPSA) is 96.5 Å². The lowest BCUT2D eigenvalue weighted by atomic mass is 9.86. The second kappa shape index (κ2) is 9.78. The van der Waals surface area contributed by atoms with E-state index >= 15 is 0 Å². The number of benzene rings is 2. The Hall–Kier alpha value is -3.45. The first-order valence-electron chi connectivity index (χ1n) is 10.1. The number of hydrogen-bond donors (Lipinski definition) is 2. The molecule has 0 amide bonds. The Labute approximate surface area is 189 Å². The summed E-state index contributed by atoms with van der Waals surface area (Å²) in [5.74, 6) is -0.530. The predicted molar refractivity (Wildman–Crippen MR) is 126 cm³/mol. The normalized spacial score (nSPS) is 12.7. The van der Waals surface area contributed by atoms with E-state index in [4.69, 9.17) is 9.84 Å². The highest BCUT2D eigenvalue weighted by atomic mass is 32.1. The number of nitrogens with one attached hydrogen (secondary N) is 1. The highest BCUT2D eigenvalue weighted by Crippen LogP contribution is 2.22. The number of hydrogen-bond acceptors (Lipinski definition) is 5. The molecule has 32 heavy (non-hydrogen) atoms. The molecule has 0 atom stereocenters. The summed E-state index contributed by atoms with van der Waals surface area (Å²) in [7, 11) is 0. The van der Waals surface area contributed by atoms with Crippen LogP contribution in [-0.4, -0.2) is 28.4 Å². The summed E-state index contributed by atoms with van der Waals surface area (Å²) in [6.07, 6.45) is 3.09. The van der Waals surface area contributed by atoms with Gasteiger partial charge in [0, 0.05) is 11.6 Å². The maximum atomic E-state index is 12.6. The molecule has 3 aromatic rings. The molecule has 166 valence electrons. The highest BCUT2D eigenvalue weighted by Gasteiger charge is 2.13. The number of aliphatic carboxylic acids is 1. The van der Waals surface area contributed by atoms with Crippen LogP contribution in [0.5, 0.6) is 5.75 Å². The van der Waals surface area contributed by atoms with Crippen LogP contribution in [0.4, 0.5) is 0 Å². The van der Waals surface area contributed by atoms with Crippen molar-refractivity contribution in [3.05, 3.63) is 84.8 Å². The van der Waals surface area contributed by atoms with Gasteiger partial charge in [-0.25, -0.2) is 0 Å². The van der Waals surface area contributed by atoms with Crippen molar-refractivity contribution >= 4 is 35.2 Å². The fourth-order valence-electron chi connectivity index (χ4n) is 2.93. The molecule has 0 radical (unpaired) electrons. The maximum absolute atomic E-state index is 12.6. The zero-order valence-corrected chi connectivity index (χ0v) is 19.0. The number of carbonyl (C=O) groups excluding carboxylic acids is 1. The summed E-state index contributed by atoms with van der Waals surface area (Å²) >= 11 is 1.21.